The molecule has 0 saturated carbocycles. The molecule has 4 heteroatoms. The smallest absolute Gasteiger partial charge is 0.123 e. The second kappa shape index (κ2) is 5.69. The summed E-state index contributed by atoms with van der Waals surface area (Å²) in [6, 6.07) is 9.94. The summed E-state index contributed by atoms with van der Waals surface area (Å²) in [6.45, 7) is 2.98. The second-order valence-corrected chi connectivity index (χ2v) is 4.26. The predicted octanol–water partition coefficient (Wildman–Crippen LogP) is 3.70. The highest BCUT2D eigenvalue weighted by molar-refractivity contribution is 5.48. The van der Waals surface area contributed by atoms with E-state index in [0.29, 0.717) is 18.7 Å². The third kappa shape index (κ3) is 3.22. The maximum Gasteiger partial charge on any atom is 0.123 e. The average Bonchev–Trinajstić information content (AvgIpc) is 2.41. The summed E-state index contributed by atoms with van der Waals surface area (Å²) in [5.41, 5.74) is 1.33. The molecule has 0 aliphatic rings. The van der Waals surface area contributed by atoms with Crippen molar-refractivity contribution in [2.45, 2.75) is 13.5 Å². The molecule has 1 N–H and O–H groups in total. The molecule has 0 saturated heterocycles. The minimum absolute atomic E-state index is 0.0574. The Balaban J connectivity index is 2.23. The van der Waals surface area contributed by atoms with E-state index in [1.807, 2.05) is 11.8 Å². The van der Waals surface area contributed by atoms with Gasteiger partial charge in [-0.05, 0) is 49.4 Å². The molecule has 100 valence electrons. The van der Waals surface area contributed by atoms with Crippen molar-refractivity contribution in [1.29, 1.82) is 0 Å². The monoisotopic (exact) mass is 263 g/mol. The number of phenols is 1. The van der Waals surface area contributed by atoms with Gasteiger partial charge in [0.15, 0.2) is 0 Å². The number of halogens is 2. The van der Waals surface area contributed by atoms with Crippen LogP contribution in [0.4, 0.5) is 14.5 Å². The van der Waals surface area contributed by atoms with E-state index < -0.39 is 0 Å². The van der Waals surface area contributed by atoms with Crippen molar-refractivity contribution in [3.63, 3.8) is 0 Å². The molecule has 0 aliphatic carbocycles. The molecule has 0 heterocycles. The summed E-state index contributed by atoms with van der Waals surface area (Å²) in [5, 5.41) is 9.72. The first-order valence-corrected chi connectivity index (χ1v) is 6.08. The molecule has 0 radical (unpaired) electrons. The largest absolute Gasteiger partial charge is 0.508 e. The van der Waals surface area contributed by atoms with Gasteiger partial charge in [0.1, 0.15) is 17.4 Å². The summed E-state index contributed by atoms with van der Waals surface area (Å²) in [6.07, 6.45) is 0. The first-order valence-electron chi connectivity index (χ1n) is 6.08. The highest BCUT2D eigenvalue weighted by atomic mass is 19.1. The van der Waals surface area contributed by atoms with Gasteiger partial charge in [-0.2, -0.15) is 0 Å². The van der Waals surface area contributed by atoms with Gasteiger partial charge in [-0.15, -0.1) is 0 Å². The lowest BCUT2D eigenvalue weighted by atomic mass is 10.1. The maximum atomic E-state index is 13.2. The first-order chi connectivity index (χ1) is 9.10. The van der Waals surface area contributed by atoms with Crippen molar-refractivity contribution in [3.05, 3.63) is 59.7 Å². The lowest BCUT2D eigenvalue weighted by Gasteiger charge is -2.23. The Hall–Kier alpha value is -2.10. The normalized spacial score (nSPS) is 10.5. The average molecular weight is 263 g/mol. The van der Waals surface area contributed by atoms with Crippen LogP contribution in [0.1, 0.15) is 12.5 Å². The molecule has 0 spiro atoms. The van der Waals surface area contributed by atoms with Gasteiger partial charge in [0.25, 0.3) is 0 Å². The standard InChI is InChI=1S/C15H15F2NO/c1-2-18(14-6-3-12(16)4-7-14)10-11-9-13(17)5-8-15(11)19/h3-9,19H,2,10H2,1H3. The molecule has 0 unspecified atom stereocenters. The van der Waals surface area contributed by atoms with Crippen LogP contribution in [-0.4, -0.2) is 11.7 Å². The van der Waals surface area contributed by atoms with Crippen LogP contribution in [0.3, 0.4) is 0 Å². The third-order valence-electron chi connectivity index (χ3n) is 2.98. The van der Waals surface area contributed by atoms with E-state index in [9.17, 15) is 13.9 Å². The number of hydrogen-bond acceptors (Lipinski definition) is 2. The Bertz CT molecular complexity index is 555. The van der Waals surface area contributed by atoms with E-state index in [-0.39, 0.29) is 17.4 Å². The lowest BCUT2D eigenvalue weighted by Crippen LogP contribution is -2.22. The van der Waals surface area contributed by atoms with E-state index in [2.05, 4.69) is 0 Å². The Morgan fingerprint density at radius 3 is 2.26 bits per heavy atom. The van der Waals surface area contributed by atoms with Gasteiger partial charge >= 0.3 is 0 Å². The quantitative estimate of drug-likeness (QED) is 0.909. The summed E-state index contributed by atoms with van der Waals surface area (Å²) >= 11 is 0. The number of hydrogen-bond donors (Lipinski definition) is 1. The number of benzene rings is 2. The number of phenolic OH excluding ortho intramolecular Hbond substituents is 1. The van der Waals surface area contributed by atoms with Crippen LogP contribution in [0.2, 0.25) is 0 Å². The Morgan fingerprint density at radius 2 is 1.63 bits per heavy atom. The van der Waals surface area contributed by atoms with Crippen LogP contribution in [0.25, 0.3) is 0 Å². The molecule has 2 rings (SSSR count). The molecule has 0 bridgehead atoms. The fraction of sp³-hybridized carbons (Fsp3) is 0.200. The number of rotatable bonds is 4. The van der Waals surface area contributed by atoms with E-state index in [1.54, 1.807) is 12.1 Å². The zero-order chi connectivity index (χ0) is 13.8. The predicted molar refractivity (Wildman–Crippen MR) is 71.2 cm³/mol. The minimum Gasteiger partial charge on any atom is -0.508 e. The van der Waals surface area contributed by atoms with Gasteiger partial charge in [0.05, 0.1) is 0 Å². The van der Waals surface area contributed by atoms with E-state index in [0.717, 1.165) is 5.69 Å². The van der Waals surface area contributed by atoms with Crippen LogP contribution in [-0.2, 0) is 6.54 Å². The van der Waals surface area contributed by atoms with Gasteiger partial charge in [0, 0.05) is 24.3 Å². The lowest BCUT2D eigenvalue weighted by molar-refractivity contribution is 0.464. The summed E-state index contributed by atoms with van der Waals surface area (Å²) in [4.78, 5) is 1.92. The Morgan fingerprint density at radius 1 is 1.00 bits per heavy atom. The van der Waals surface area contributed by atoms with Gasteiger partial charge in [-0.3, -0.25) is 0 Å². The van der Waals surface area contributed by atoms with Gasteiger partial charge in [-0.1, -0.05) is 0 Å². The van der Waals surface area contributed by atoms with E-state index >= 15 is 0 Å². The summed E-state index contributed by atoms with van der Waals surface area (Å²) < 4.78 is 26.1. The van der Waals surface area contributed by atoms with E-state index in [1.165, 1.54) is 30.3 Å². The summed E-state index contributed by atoms with van der Waals surface area (Å²) in [5.74, 6) is -0.627. The minimum atomic E-state index is -0.386. The molecule has 2 nitrogen and oxygen atoms in total. The zero-order valence-corrected chi connectivity index (χ0v) is 10.6. The van der Waals surface area contributed by atoms with Crippen molar-refractivity contribution >= 4 is 5.69 Å². The van der Waals surface area contributed by atoms with Gasteiger partial charge < -0.3 is 10.0 Å². The fourth-order valence-electron chi connectivity index (χ4n) is 1.92. The van der Waals surface area contributed by atoms with Crippen LogP contribution in [0.15, 0.2) is 42.5 Å². The van der Waals surface area contributed by atoms with Crippen molar-refractivity contribution in [1.82, 2.24) is 0 Å². The van der Waals surface area contributed by atoms with Gasteiger partial charge in [-0.25, -0.2) is 8.78 Å². The van der Waals surface area contributed by atoms with Crippen LogP contribution >= 0.6 is 0 Å². The highest BCUT2D eigenvalue weighted by Crippen LogP contribution is 2.23. The maximum absolute atomic E-state index is 13.2. The molecule has 0 aromatic heterocycles. The molecular formula is C15H15F2NO. The van der Waals surface area contributed by atoms with Crippen molar-refractivity contribution in [2.75, 3.05) is 11.4 Å². The Labute approximate surface area is 110 Å². The second-order valence-electron chi connectivity index (χ2n) is 4.26. The molecule has 0 aliphatic heterocycles. The van der Waals surface area contributed by atoms with Crippen molar-refractivity contribution in [3.8, 4) is 5.75 Å². The SMILES string of the molecule is CCN(Cc1cc(F)ccc1O)c1ccc(F)cc1. The zero-order valence-electron chi connectivity index (χ0n) is 10.6. The van der Waals surface area contributed by atoms with Crippen LogP contribution in [0.5, 0.6) is 5.75 Å². The van der Waals surface area contributed by atoms with Crippen molar-refractivity contribution < 1.29 is 13.9 Å². The highest BCUT2D eigenvalue weighted by Gasteiger charge is 2.09. The van der Waals surface area contributed by atoms with Crippen LogP contribution in [0, 0.1) is 11.6 Å². The summed E-state index contributed by atoms with van der Waals surface area (Å²) in [7, 11) is 0. The van der Waals surface area contributed by atoms with Crippen LogP contribution < -0.4 is 4.90 Å². The molecule has 2 aromatic carbocycles. The first kappa shape index (κ1) is 13.3. The molecular weight excluding hydrogens is 248 g/mol. The molecule has 19 heavy (non-hydrogen) atoms. The number of anilines is 1. The molecule has 0 amide bonds. The molecule has 2 aromatic rings. The third-order valence-corrected chi connectivity index (χ3v) is 2.98. The van der Waals surface area contributed by atoms with E-state index in [4.69, 9.17) is 0 Å². The molecule has 0 atom stereocenters. The number of aromatic hydroxyl groups is 1. The topological polar surface area (TPSA) is 23.5 Å². The molecule has 0 fully saturated rings. The number of nitrogens with zero attached hydrogens (tertiary/aromatic N) is 1. The fourth-order valence-corrected chi connectivity index (χ4v) is 1.92. The van der Waals surface area contributed by atoms with Crippen molar-refractivity contribution in [2.24, 2.45) is 0 Å². The van der Waals surface area contributed by atoms with Gasteiger partial charge in [0.2, 0.25) is 0 Å². The Kier molecular flexibility index (Phi) is 4.00.